The lowest BCUT2D eigenvalue weighted by atomic mass is 9.79. The van der Waals surface area contributed by atoms with Crippen LogP contribution in [0.4, 0.5) is 0 Å². The molecular formula is C15H21Cl2NO. The van der Waals surface area contributed by atoms with Gasteiger partial charge in [-0.25, -0.2) is 0 Å². The van der Waals surface area contributed by atoms with Crippen LogP contribution in [0.3, 0.4) is 0 Å². The molecule has 3 atom stereocenters. The first-order chi connectivity index (χ1) is 9.02. The Morgan fingerprint density at radius 2 is 1.89 bits per heavy atom. The third-order valence-electron chi connectivity index (χ3n) is 4.14. The lowest BCUT2D eigenvalue weighted by Gasteiger charge is -2.39. The molecule has 0 unspecified atom stereocenters. The van der Waals surface area contributed by atoms with Gasteiger partial charge >= 0.3 is 0 Å². The largest absolute Gasteiger partial charge is 0.380 e. The number of nitrogens with zero attached hydrogens (tertiary/aromatic N) is 1. The van der Waals surface area contributed by atoms with Crippen molar-refractivity contribution in [1.29, 1.82) is 0 Å². The van der Waals surface area contributed by atoms with E-state index in [2.05, 4.69) is 25.1 Å². The van der Waals surface area contributed by atoms with Gasteiger partial charge < -0.3 is 9.64 Å². The standard InChI is InChI=1S/C15H21Cl2NO/c1-18(2)14-9-11(5-7-15(14)19-3)10-4-6-12(16)13(17)8-10/h4,6,8,11,14-15H,5,7,9H2,1-3H3/t11-,14-,15-/m0/s1. The average molecular weight is 302 g/mol. The molecule has 0 spiro atoms. The summed E-state index contributed by atoms with van der Waals surface area (Å²) in [7, 11) is 6.04. The molecule has 0 aromatic heterocycles. The number of rotatable bonds is 3. The highest BCUT2D eigenvalue weighted by Gasteiger charge is 2.32. The van der Waals surface area contributed by atoms with Crippen LogP contribution >= 0.6 is 23.2 Å². The van der Waals surface area contributed by atoms with Crippen molar-refractivity contribution >= 4 is 23.2 Å². The summed E-state index contributed by atoms with van der Waals surface area (Å²) in [5.41, 5.74) is 1.29. The van der Waals surface area contributed by atoms with E-state index < -0.39 is 0 Å². The predicted molar refractivity (Wildman–Crippen MR) is 81.3 cm³/mol. The van der Waals surface area contributed by atoms with Crippen LogP contribution in [0, 0.1) is 0 Å². The monoisotopic (exact) mass is 301 g/mol. The Kier molecular flexibility index (Phi) is 5.13. The van der Waals surface area contributed by atoms with Gasteiger partial charge in [0.05, 0.1) is 16.1 Å². The van der Waals surface area contributed by atoms with Gasteiger partial charge in [-0.15, -0.1) is 0 Å². The average Bonchev–Trinajstić information content (AvgIpc) is 2.41. The van der Waals surface area contributed by atoms with E-state index in [-0.39, 0.29) is 0 Å². The maximum Gasteiger partial charge on any atom is 0.0726 e. The molecule has 0 amide bonds. The molecule has 0 radical (unpaired) electrons. The second-order valence-electron chi connectivity index (χ2n) is 5.49. The van der Waals surface area contributed by atoms with Crippen molar-refractivity contribution in [3.05, 3.63) is 33.8 Å². The first-order valence-electron chi connectivity index (χ1n) is 6.67. The fraction of sp³-hybridized carbons (Fsp3) is 0.600. The van der Waals surface area contributed by atoms with Gasteiger partial charge in [0.25, 0.3) is 0 Å². The highest BCUT2D eigenvalue weighted by atomic mass is 35.5. The molecule has 4 heteroatoms. The summed E-state index contributed by atoms with van der Waals surface area (Å²) < 4.78 is 5.60. The second-order valence-corrected chi connectivity index (χ2v) is 6.30. The number of likely N-dealkylation sites (N-methyl/N-ethyl adjacent to an activating group) is 1. The lowest BCUT2D eigenvalue weighted by Crippen LogP contribution is -2.44. The molecule has 1 aliphatic rings. The number of methoxy groups -OCH3 is 1. The molecule has 1 aromatic rings. The van der Waals surface area contributed by atoms with E-state index in [0.29, 0.717) is 28.1 Å². The molecule has 19 heavy (non-hydrogen) atoms. The number of hydrogen-bond donors (Lipinski definition) is 0. The first-order valence-corrected chi connectivity index (χ1v) is 7.42. The quantitative estimate of drug-likeness (QED) is 0.829. The molecule has 1 saturated carbocycles. The SMILES string of the molecule is CO[C@H]1CC[C@H](c2ccc(Cl)c(Cl)c2)C[C@@H]1N(C)C. The summed E-state index contributed by atoms with van der Waals surface area (Å²) in [6.07, 6.45) is 3.66. The topological polar surface area (TPSA) is 12.5 Å². The molecule has 0 saturated heterocycles. The first kappa shape index (κ1) is 15.1. The highest BCUT2D eigenvalue weighted by Crippen LogP contribution is 2.37. The van der Waals surface area contributed by atoms with Crippen molar-refractivity contribution < 1.29 is 4.74 Å². The number of hydrogen-bond acceptors (Lipinski definition) is 2. The van der Waals surface area contributed by atoms with Crippen LogP contribution in [0.25, 0.3) is 0 Å². The van der Waals surface area contributed by atoms with Gasteiger partial charge in [-0.3, -0.25) is 0 Å². The molecule has 0 aliphatic heterocycles. The summed E-state index contributed by atoms with van der Waals surface area (Å²) in [5, 5.41) is 1.27. The van der Waals surface area contributed by atoms with Crippen molar-refractivity contribution in [2.45, 2.75) is 37.3 Å². The maximum atomic E-state index is 6.12. The molecule has 1 aliphatic carbocycles. The van der Waals surface area contributed by atoms with Crippen LogP contribution < -0.4 is 0 Å². The van der Waals surface area contributed by atoms with Gasteiger partial charge in [0, 0.05) is 13.2 Å². The van der Waals surface area contributed by atoms with E-state index in [1.165, 1.54) is 5.56 Å². The number of ether oxygens (including phenoxy) is 1. The molecule has 0 N–H and O–H groups in total. The molecule has 0 bridgehead atoms. The van der Waals surface area contributed by atoms with Crippen LogP contribution in [-0.4, -0.2) is 38.3 Å². The Morgan fingerprint density at radius 3 is 2.47 bits per heavy atom. The highest BCUT2D eigenvalue weighted by molar-refractivity contribution is 6.42. The van der Waals surface area contributed by atoms with Crippen molar-refractivity contribution in [1.82, 2.24) is 4.90 Å². The summed E-state index contributed by atoms with van der Waals surface area (Å²) in [6.45, 7) is 0. The minimum atomic E-state index is 0.328. The van der Waals surface area contributed by atoms with Crippen LogP contribution in [0.1, 0.15) is 30.7 Å². The van der Waals surface area contributed by atoms with Gasteiger partial charge in [0.2, 0.25) is 0 Å². The fourth-order valence-corrected chi connectivity index (χ4v) is 3.31. The minimum absolute atomic E-state index is 0.328. The molecular weight excluding hydrogens is 281 g/mol. The summed E-state index contributed by atoms with van der Waals surface area (Å²) in [4.78, 5) is 2.26. The van der Waals surface area contributed by atoms with E-state index in [1.807, 2.05) is 12.1 Å². The Labute approximate surface area is 125 Å². The molecule has 2 nitrogen and oxygen atoms in total. The Balaban J connectivity index is 2.15. The summed E-state index contributed by atoms with van der Waals surface area (Å²) >= 11 is 12.1. The van der Waals surface area contributed by atoms with Gasteiger partial charge in [-0.05, 0) is 57.0 Å². The number of benzene rings is 1. The second kappa shape index (κ2) is 6.45. The number of halogens is 2. The molecule has 1 aromatic carbocycles. The van der Waals surface area contributed by atoms with E-state index >= 15 is 0 Å². The maximum absolute atomic E-state index is 6.12. The van der Waals surface area contributed by atoms with Crippen LogP contribution in [0.15, 0.2) is 18.2 Å². The Hall–Kier alpha value is -0.280. The zero-order valence-electron chi connectivity index (χ0n) is 11.7. The predicted octanol–water partition coefficient (Wildman–Crippen LogP) is 4.21. The molecule has 1 fully saturated rings. The van der Waals surface area contributed by atoms with Crippen molar-refractivity contribution in [2.75, 3.05) is 21.2 Å². The van der Waals surface area contributed by atoms with Crippen LogP contribution in [0.5, 0.6) is 0 Å². The van der Waals surface area contributed by atoms with Crippen molar-refractivity contribution in [3.8, 4) is 0 Å². The summed E-state index contributed by atoms with van der Waals surface area (Å²) in [6, 6.07) is 6.46. The third-order valence-corrected chi connectivity index (χ3v) is 4.87. The lowest BCUT2D eigenvalue weighted by molar-refractivity contribution is 0.000909. The van der Waals surface area contributed by atoms with Gasteiger partial charge in [0.15, 0.2) is 0 Å². The van der Waals surface area contributed by atoms with Crippen LogP contribution in [-0.2, 0) is 4.74 Å². The fourth-order valence-electron chi connectivity index (χ4n) is 3.01. The molecule has 2 rings (SSSR count). The van der Waals surface area contributed by atoms with E-state index in [1.54, 1.807) is 7.11 Å². The van der Waals surface area contributed by atoms with Gasteiger partial charge in [-0.1, -0.05) is 29.3 Å². The van der Waals surface area contributed by atoms with Crippen LogP contribution in [0.2, 0.25) is 10.0 Å². The van der Waals surface area contributed by atoms with Gasteiger partial charge in [-0.2, -0.15) is 0 Å². The van der Waals surface area contributed by atoms with E-state index in [4.69, 9.17) is 27.9 Å². The smallest absolute Gasteiger partial charge is 0.0726 e. The Morgan fingerprint density at radius 1 is 1.16 bits per heavy atom. The Bertz CT molecular complexity index is 436. The molecule has 106 valence electrons. The van der Waals surface area contributed by atoms with E-state index in [0.717, 1.165) is 19.3 Å². The third kappa shape index (κ3) is 3.43. The van der Waals surface area contributed by atoms with Crippen molar-refractivity contribution in [3.63, 3.8) is 0 Å². The van der Waals surface area contributed by atoms with Gasteiger partial charge in [0.1, 0.15) is 0 Å². The zero-order valence-corrected chi connectivity index (χ0v) is 13.2. The molecule has 0 heterocycles. The van der Waals surface area contributed by atoms with E-state index in [9.17, 15) is 0 Å². The van der Waals surface area contributed by atoms with Crippen molar-refractivity contribution in [2.24, 2.45) is 0 Å². The zero-order chi connectivity index (χ0) is 14.0. The summed E-state index contributed by atoms with van der Waals surface area (Å²) in [5.74, 6) is 0.536. The normalized spacial score (nSPS) is 27.8. The minimum Gasteiger partial charge on any atom is -0.380 e.